The van der Waals surface area contributed by atoms with Gasteiger partial charge in [-0.05, 0) is 54.4 Å². The molecule has 0 atom stereocenters. The third-order valence-corrected chi connectivity index (χ3v) is 3.56. The van der Waals surface area contributed by atoms with E-state index in [0.717, 1.165) is 31.2 Å². The van der Waals surface area contributed by atoms with E-state index in [2.05, 4.69) is 25.8 Å². The highest BCUT2D eigenvalue weighted by atomic mass is 15.5. The molecule has 6 nitrogen and oxygen atoms in total. The molecule has 0 bridgehead atoms. The van der Waals surface area contributed by atoms with Crippen LogP contribution in [0, 0.1) is 5.92 Å². The molecule has 0 radical (unpaired) electrons. The van der Waals surface area contributed by atoms with E-state index in [1.54, 1.807) is 6.20 Å². The van der Waals surface area contributed by atoms with Gasteiger partial charge in [0.1, 0.15) is 0 Å². The van der Waals surface area contributed by atoms with Crippen LogP contribution in [0.5, 0.6) is 0 Å². The van der Waals surface area contributed by atoms with Crippen molar-refractivity contribution in [2.24, 2.45) is 5.92 Å². The maximum Gasteiger partial charge on any atom is 0.157 e. The molecule has 0 aliphatic carbocycles. The number of piperidine rings is 1. The van der Waals surface area contributed by atoms with Gasteiger partial charge in [0.15, 0.2) is 5.82 Å². The highest BCUT2D eigenvalue weighted by molar-refractivity contribution is 5.08. The third-order valence-electron chi connectivity index (χ3n) is 3.56. The van der Waals surface area contributed by atoms with E-state index in [4.69, 9.17) is 0 Å². The molecule has 0 saturated carbocycles. The zero-order chi connectivity index (χ0) is 12.9. The van der Waals surface area contributed by atoms with Crippen LogP contribution in [0.25, 0.3) is 0 Å². The summed E-state index contributed by atoms with van der Waals surface area (Å²) in [6.45, 7) is 3.11. The van der Waals surface area contributed by atoms with Crippen LogP contribution in [-0.2, 0) is 13.0 Å². The molecule has 1 aliphatic rings. The summed E-state index contributed by atoms with van der Waals surface area (Å²) in [5.74, 6) is 1.57. The summed E-state index contributed by atoms with van der Waals surface area (Å²) < 4.78 is 1.94. The molecule has 3 rings (SSSR count). The molecule has 0 amide bonds. The third kappa shape index (κ3) is 3.14. The maximum atomic E-state index is 4.32. The Labute approximate surface area is 112 Å². The van der Waals surface area contributed by atoms with Crippen molar-refractivity contribution in [3.8, 4) is 0 Å². The Morgan fingerprint density at radius 1 is 1.26 bits per heavy atom. The Morgan fingerprint density at radius 3 is 2.95 bits per heavy atom. The number of hydrogen-bond donors (Lipinski definition) is 1. The number of pyridine rings is 1. The topological polar surface area (TPSA) is 68.5 Å². The van der Waals surface area contributed by atoms with E-state index in [0.29, 0.717) is 12.3 Å². The quantitative estimate of drug-likeness (QED) is 0.872. The Bertz CT molecular complexity index is 503. The van der Waals surface area contributed by atoms with E-state index in [-0.39, 0.29) is 0 Å². The highest BCUT2D eigenvalue weighted by Gasteiger charge is 2.16. The molecular weight excluding hydrogens is 240 g/mol. The van der Waals surface area contributed by atoms with Crippen molar-refractivity contribution in [2.75, 3.05) is 13.1 Å². The van der Waals surface area contributed by atoms with Crippen LogP contribution < -0.4 is 5.32 Å². The minimum absolute atomic E-state index is 0.673. The second kappa shape index (κ2) is 5.88. The average molecular weight is 258 g/mol. The van der Waals surface area contributed by atoms with E-state index < -0.39 is 0 Å². The minimum atomic E-state index is 0.673. The van der Waals surface area contributed by atoms with Crippen molar-refractivity contribution in [3.05, 3.63) is 35.9 Å². The molecular formula is C13H18N6. The fraction of sp³-hybridized carbons (Fsp3) is 0.538. The lowest BCUT2D eigenvalue weighted by atomic mass is 9.98. The molecule has 2 aromatic heterocycles. The monoisotopic (exact) mass is 258 g/mol. The molecule has 0 unspecified atom stereocenters. The first kappa shape index (κ1) is 12.2. The van der Waals surface area contributed by atoms with Gasteiger partial charge in [-0.3, -0.25) is 4.98 Å². The first-order valence-electron chi connectivity index (χ1n) is 6.77. The maximum absolute atomic E-state index is 4.32. The Balaban J connectivity index is 1.68. The number of rotatable bonds is 4. The smallest absolute Gasteiger partial charge is 0.157 e. The van der Waals surface area contributed by atoms with Gasteiger partial charge in [-0.1, -0.05) is 6.07 Å². The Hall–Kier alpha value is -1.82. The predicted molar refractivity (Wildman–Crippen MR) is 70.5 cm³/mol. The standard InChI is InChI=1S/C13H18N6/c1-2-6-15-12(3-1)9-13-16-17-18-19(13)10-11-4-7-14-8-5-11/h1-3,6,11,14H,4-5,7-10H2. The Morgan fingerprint density at radius 2 is 2.16 bits per heavy atom. The van der Waals surface area contributed by atoms with Crippen LogP contribution in [0.3, 0.4) is 0 Å². The summed E-state index contributed by atoms with van der Waals surface area (Å²) in [5.41, 5.74) is 1.00. The van der Waals surface area contributed by atoms with Crippen LogP contribution in [0.15, 0.2) is 24.4 Å². The fourth-order valence-electron chi connectivity index (χ4n) is 2.47. The summed E-state index contributed by atoms with van der Waals surface area (Å²) >= 11 is 0. The van der Waals surface area contributed by atoms with Gasteiger partial charge >= 0.3 is 0 Å². The van der Waals surface area contributed by atoms with E-state index in [1.165, 1.54) is 12.8 Å². The molecule has 1 N–H and O–H groups in total. The van der Waals surface area contributed by atoms with Crippen molar-refractivity contribution in [3.63, 3.8) is 0 Å². The van der Waals surface area contributed by atoms with Gasteiger partial charge in [0.25, 0.3) is 0 Å². The van der Waals surface area contributed by atoms with E-state index in [9.17, 15) is 0 Å². The molecule has 19 heavy (non-hydrogen) atoms. The summed E-state index contributed by atoms with van der Waals surface area (Å²) in [6.07, 6.45) is 4.89. The molecule has 1 saturated heterocycles. The second-order valence-corrected chi connectivity index (χ2v) is 4.97. The number of tetrazole rings is 1. The molecule has 6 heteroatoms. The van der Waals surface area contributed by atoms with Gasteiger partial charge in [-0.15, -0.1) is 5.10 Å². The van der Waals surface area contributed by atoms with E-state index >= 15 is 0 Å². The number of nitrogens with one attached hydrogen (secondary N) is 1. The van der Waals surface area contributed by atoms with Gasteiger partial charge in [0, 0.05) is 18.4 Å². The molecule has 1 aliphatic heterocycles. The van der Waals surface area contributed by atoms with Crippen LogP contribution in [0.4, 0.5) is 0 Å². The zero-order valence-electron chi connectivity index (χ0n) is 10.9. The number of nitrogens with zero attached hydrogens (tertiary/aromatic N) is 5. The number of hydrogen-bond acceptors (Lipinski definition) is 5. The zero-order valence-corrected chi connectivity index (χ0v) is 10.9. The lowest BCUT2D eigenvalue weighted by Crippen LogP contribution is -2.30. The summed E-state index contributed by atoms with van der Waals surface area (Å²) in [4.78, 5) is 4.32. The van der Waals surface area contributed by atoms with Gasteiger partial charge in [0.2, 0.25) is 0 Å². The van der Waals surface area contributed by atoms with Crippen LogP contribution >= 0.6 is 0 Å². The van der Waals surface area contributed by atoms with Crippen molar-refractivity contribution in [1.29, 1.82) is 0 Å². The fourth-order valence-corrected chi connectivity index (χ4v) is 2.47. The lowest BCUT2D eigenvalue weighted by Gasteiger charge is -2.22. The second-order valence-electron chi connectivity index (χ2n) is 4.97. The van der Waals surface area contributed by atoms with Gasteiger partial charge in [-0.25, -0.2) is 4.68 Å². The summed E-state index contributed by atoms with van der Waals surface area (Å²) in [7, 11) is 0. The van der Waals surface area contributed by atoms with Crippen molar-refractivity contribution >= 4 is 0 Å². The normalized spacial score (nSPS) is 16.6. The average Bonchev–Trinajstić information content (AvgIpc) is 2.88. The van der Waals surface area contributed by atoms with Crippen molar-refractivity contribution < 1.29 is 0 Å². The van der Waals surface area contributed by atoms with Crippen LogP contribution in [0.2, 0.25) is 0 Å². The molecule has 2 aromatic rings. The molecule has 0 aromatic carbocycles. The molecule has 0 spiro atoms. The first-order valence-corrected chi connectivity index (χ1v) is 6.77. The van der Waals surface area contributed by atoms with Crippen molar-refractivity contribution in [2.45, 2.75) is 25.8 Å². The first-order chi connectivity index (χ1) is 9.42. The van der Waals surface area contributed by atoms with Crippen LogP contribution in [0.1, 0.15) is 24.4 Å². The van der Waals surface area contributed by atoms with E-state index in [1.807, 2.05) is 22.9 Å². The molecule has 100 valence electrons. The minimum Gasteiger partial charge on any atom is -0.317 e. The Kier molecular flexibility index (Phi) is 3.78. The van der Waals surface area contributed by atoms with Gasteiger partial charge in [0.05, 0.1) is 6.42 Å². The lowest BCUT2D eigenvalue weighted by molar-refractivity contribution is 0.315. The molecule has 3 heterocycles. The van der Waals surface area contributed by atoms with Crippen LogP contribution in [-0.4, -0.2) is 38.3 Å². The summed E-state index contributed by atoms with van der Waals surface area (Å²) in [5, 5.41) is 15.4. The predicted octanol–water partition coefficient (Wildman–Crippen LogP) is 0.658. The van der Waals surface area contributed by atoms with Gasteiger partial charge < -0.3 is 5.32 Å². The van der Waals surface area contributed by atoms with Gasteiger partial charge in [-0.2, -0.15) is 0 Å². The van der Waals surface area contributed by atoms with Crippen molar-refractivity contribution in [1.82, 2.24) is 30.5 Å². The largest absolute Gasteiger partial charge is 0.317 e. The SMILES string of the molecule is c1ccc(Cc2nnnn2CC2CCNCC2)nc1. The highest BCUT2D eigenvalue weighted by Crippen LogP contribution is 2.14. The summed E-state index contributed by atoms with van der Waals surface area (Å²) in [6, 6.07) is 5.91. The molecule has 1 fully saturated rings. The number of aromatic nitrogens is 5.